The zero-order chi connectivity index (χ0) is 25.5. The number of aromatic nitrogens is 2. The summed E-state index contributed by atoms with van der Waals surface area (Å²) in [5.74, 6) is 0.323. The fraction of sp³-hybridized carbons (Fsp3) is 0.233. The first kappa shape index (κ1) is 24.5. The van der Waals surface area contributed by atoms with E-state index in [2.05, 4.69) is 49.8 Å². The second kappa shape index (κ2) is 11.7. The van der Waals surface area contributed by atoms with Gasteiger partial charge in [-0.05, 0) is 73.7 Å². The molecule has 0 radical (unpaired) electrons. The standard InChI is InChI=1S/C30H32N6O/c31-27(21-22-7-3-1-4-8-22)29(37)33-24-11-9-23(10-12-24)28-17-18-32-30(35-28)34-25-13-15-26(16-14-25)36-19-5-2-6-20-36/h1,3-4,7-18,27H,2,5-6,19-21,31H2,(H,33,37)(H,32,34,35). The van der Waals surface area contributed by atoms with Gasteiger partial charge in [-0.2, -0.15) is 0 Å². The molecule has 1 aliphatic rings. The molecule has 1 aliphatic heterocycles. The number of rotatable bonds is 8. The third kappa shape index (κ3) is 6.51. The molecule has 1 unspecified atom stereocenters. The monoisotopic (exact) mass is 492 g/mol. The minimum Gasteiger partial charge on any atom is -0.372 e. The molecule has 4 aromatic rings. The van der Waals surface area contributed by atoms with E-state index in [0.29, 0.717) is 18.1 Å². The van der Waals surface area contributed by atoms with Gasteiger partial charge in [-0.25, -0.2) is 9.97 Å². The minimum absolute atomic E-state index is 0.212. The number of nitrogens with one attached hydrogen (secondary N) is 2. The van der Waals surface area contributed by atoms with E-state index in [9.17, 15) is 4.79 Å². The Morgan fingerprint density at radius 2 is 1.57 bits per heavy atom. The number of benzene rings is 3. The summed E-state index contributed by atoms with van der Waals surface area (Å²) in [7, 11) is 0. The molecule has 37 heavy (non-hydrogen) atoms. The van der Waals surface area contributed by atoms with Crippen molar-refractivity contribution in [2.45, 2.75) is 31.7 Å². The lowest BCUT2D eigenvalue weighted by Gasteiger charge is -2.28. The molecule has 0 spiro atoms. The van der Waals surface area contributed by atoms with Gasteiger partial charge in [-0.1, -0.05) is 42.5 Å². The molecule has 0 saturated carbocycles. The molecule has 2 heterocycles. The lowest BCUT2D eigenvalue weighted by Crippen LogP contribution is -2.37. The average Bonchev–Trinajstić information content (AvgIpc) is 2.95. The number of hydrogen-bond donors (Lipinski definition) is 3. The Balaban J connectivity index is 1.19. The highest BCUT2D eigenvalue weighted by atomic mass is 16.2. The lowest BCUT2D eigenvalue weighted by atomic mass is 10.1. The van der Waals surface area contributed by atoms with E-state index in [4.69, 9.17) is 5.73 Å². The van der Waals surface area contributed by atoms with Crippen molar-refractivity contribution in [3.05, 3.63) is 96.7 Å². The molecule has 4 N–H and O–H groups in total. The lowest BCUT2D eigenvalue weighted by molar-refractivity contribution is -0.117. The van der Waals surface area contributed by atoms with Crippen molar-refractivity contribution < 1.29 is 4.79 Å². The molecule has 1 aromatic heterocycles. The van der Waals surface area contributed by atoms with E-state index in [0.717, 1.165) is 35.6 Å². The van der Waals surface area contributed by atoms with Gasteiger partial charge in [0.2, 0.25) is 11.9 Å². The SMILES string of the molecule is NC(Cc1ccccc1)C(=O)Nc1ccc(-c2ccnc(Nc3ccc(N4CCCCC4)cc3)n2)cc1. The smallest absolute Gasteiger partial charge is 0.241 e. The average molecular weight is 493 g/mol. The summed E-state index contributed by atoms with van der Waals surface area (Å²) in [6, 6.07) is 27.0. The maximum absolute atomic E-state index is 12.5. The van der Waals surface area contributed by atoms with Crippen LogP contribution in [0.3, 0.4) is 0 Å². The Kier molecular flexibility index (Phi) is 7.72. The van der Waals surface area contributed by atoms with E-state index in [1.54, 1.807) is 6.20 Å². The fourth-order valence-corrected chi connectivity index (χ4v) is 4.54. The third-order valence-electron chi connectivity index (χ3n) is 6.58. The second-order valence-electron chi connectivity index (χ2n) is 9.35. The molecular weight excluding hydrogens is 460 g/mol. The number of anilines is 4. The fourth-order valence-electron chi connectivity index (χ4n) is 4.54. The first-order valence-corrected chi connectivity index (χ1v) is 12.8. The van der Waals surface area contributed by atoms with Crippen LogP contribution >= 0.6 is 0 Å². The van der Waals surface area contributed by atoms with Crippen molar-refractivity contribution in [2.75, 3.05) is 28.6 Å². The molecule has 0 bridgehead atoms. The zero-order valence-corrected chi connectivity index (χ0v) is 20.8. The molecule has 1 amide bonds. The molecule has 3 aromatic carbocycles. The van der Waals surface area contributed by atoms with Crippen LogP contribution in [0.4, 0.5) is 23.0 Å². The van der Waals surface area contributed by atoms with Crippen molar-refractivity contribution in [2.24, 2.45) is 5.73 Å². The number of nitrogens with zero attached hydrogens (tertiary/aromatic N) is 3. The van der Waals surface area contributed by atoms with E-state index in [-0.39, 0.29) is 5.91 Å². The highest BCUT2D eigenvalue weighted by Gasteiger charge is 2.15. The van der Waals surface area contributed by atoms with Gasteiger partial charge in [0.1, 0.15) is 0 Å². The maximum Gasteiger partial charge on any atom is 0.241 e. The van der Waals surface area contributed by atoms with E-state index < -0.39 is 6.04 Å². The normalized spacial score (nSPS) is 14.1. The van der Waals surface area contributed by atoms with Crippen molar-refractivity contribution in [3.63, 3.8) is 0 Å². The summed E-state index contributed by atoms with van der Waals surface area (Å²) < 4.78 is 0. The predicted octanol–water partition coefficient (Wildman–Crippen LogP) is 5.39. The molecule has 1 fully saturated rings. The highest BCUT2D eigenvalue weighted by molar-refractivity contribution is 5.95. The van der Waals surface area contributed by atoms with Crippen LogP contribution in [0.25, 0.3) is 11.3 Å². The van der Waals surface area contributed by atoms with Crippen LogP contribution in [-0.2, 0) is 11.2 Å². The van der Waals surface area contributed by atoms with Crippen LogP contribution in [-0.4, -0.2) is 35.0 Å². The number of carbonyl (C=O) groups is 1. The third-order valence-corrected chi connectivity index (χ3v) is 6.58. The highest BCUT2D eigenvalue weighted by Crippen LogP contribution is 2.24. The number of hydrogen-bond acceptors (Lipinski definition) is 6. The van der Waals surface area contributed by atoms with Crippen molar-refractivity contribution in [1.82, 2.24) is 9.97 Å². The molecule has 0 aliphatic carbocycles. The Labute approximate surface area is 217 Å². The van der Waals surface area contributed by atoms with Crippen LogP contribution in [0.1, 0.15) is 24.8 Å². The maximum atomic E-state index is 12.5. The first-order chi connectivity index (χ1) is 18.1. The number of carbonyl (C=O) groups excluding carboxylic acids is 1. The zero-order valence-electron chi connectivity index (χ0n) is 20.8. The van der Waals surface area contributed by atoms with Crippen LogP contribution < -0.4 is 21.3 Å². The van der Waals surface area contributed by atoms with Crippen molar-refractivity contribution in [3.8, 4) is 11.3 Å². The molecule has 7 heteroatoms. The van der Waals surface area contributed by atoms with Crippen molar-refractivity contribution in [1.29, 1.82) is 0 Å². The van der Waals surface area contributed by atoms with Gasteiger partial charge in [0.25, 0.3) is 0 Å². The van der Waals surface area contributed by atoms with Gasteiger partial charge < -0.3 is 21.3 Å². The minimum atomic E-state index is -0.619. The Bertz CT molecular complexity index is 1300. The molecule has 1 atom stereocenters. The second-order valence-corrected chi connectivity index (χ2v) is 9.35. The van der Waals surface area contributed by atoms with Crippen LogP contribution in [0.5, 0.6) is 0 Å². The largest absolute Gasteiger partial charge is 0.372 e. The summed E-state index contributed by atoms with van der Waals surface area (Å²) in [5, 5.41) is 6.20. The van der Waals surface area contributed by atoms with Gasteiger partial charge in [-0.15, -0.1) is 0 Å². The van der Waals surface area contributed by atoms with Gasteiger partial charge in [-0.3, -0.25) is 4.79 Å². The Morgan fingerprint density at radius 3 is 2.30 bits per heavy atom. The Hall–Kier alpha value is -4.23. The summed E-state index contributed by atoms with van der Waals surface area (Å²) in [6.45, 7) is 2.25. The molecular formula is C30H32N6O. The first-order valence-electron chi connectivity index (χ1n) is 12.8. The quantitative estimate of drug-likeness (QED) is 0.305. The number of nitrogens with two attached hydrogens (primary N) is 1. The molecule has 5 rings (SSSR count). The van der Waals surface area contributed by atoms with E-state index in [1.165, 1.54) is 24.9 Å². The van der Waals surface area contributed by atoms with Crippen LogP contribution in [0.15, 0.2) is 91.1 Å². The summed E-state index contributed by atoms with van der Waals surface area (Å²) >= 11 is 0. The topological polar surface area (TPSA) is 96.2 Å². The molecule has 188 valence electrons. The summed E-state index contributed by atoms with van der Waals surface area (Å²) in [5.41, 5.74) is 11.8. The molecule has 7 nitrogen and oxygen atoms in total. The van der Waals surface area contributed by atoms with Gasteiger partial charge >= 0.3 is 0 Å². The van der Waals surface area contributed by atoms with Crippen LogP contribution in [0, 0.1) is 0 Å². The van der Waals surface area contributed by atoms with E-state index in [1.807, 2.05) is 60.7 Å². The predicted molar refractivity (Wildman–Crippen MR) is 150 cm³/mol. The summed E-state index contributed by atoms with van der Waals surface area (Å²) in [6.07, 6.45) is 6.07. The van der Waals surface area contributed by atoms with Crippen molar-refractivity contribution >= 4 is 28.9 Å². The van der Waals surface area contributed by atoms with Gasteiger partial charge in [0.15, 0.2) is 0 Å². The van der Waals surface area contributed by atoms with Gasteiger partial charge in [0.05, 0.1) is 11.7 Å². The summed E-state index contributed by atoms with van der Waals surface area (Å²) in [4.78, 5) is 24.0. The van der Waals surface area contributed by atoms with Crippen LogP contribution in [0.2, 0.25) is 0 Å². The Morgan fingerprint density at radius 1 is 0.865 bits per heavy atom. The molecule has 1 saturated heterocycles. The van der Waals surface area contributed by atoms with Gasteiger partial charge in [0, 0.05) is 41.9 Å². The van der Waals surface area contributed by atoms with E-state index >= 15 is 0 Å². The number of amides is 1. The number of piperidine rings is 1.